The summed E-state index contributed by atoms with van der Waals surface area (Å²) in [6.07, 6.45) is 2.37. The molecule has 32 heavy (non-hydrogen) atoms. The van der Waals surface area contributed by atoms with E-state index in [1.54, 1.807) is 0 Å². The normalized spacial score (nSPS) is 15.8. The maximum absolute atomic E-state index is 6.23. The predicted molar refractivity (Wildman–Crippen MR) is 134 cm³/mol. The Hall–Kier alpha value is -2.90. The van der Waals surface area contributed by atoms with E-state index in [2.05, 4.69) is 27.4 Å². The Balaban J connectivity index is 1.51. The second-order valence-corrected chi connectivity index (χ2v) is 8.71. The number of nitrogens with zero attached hydrogens (tertiary/aromatic N) is 3. The lowest BCUT2D eigenvalue weighted by atomic mass is 10.0. The lowest BCUT2D eigenvalue weighted by Crippen LogP contribution is -2.35. The number of nitrogens with one attached hydrogen (secondary N) is 2. The van der Waals surface area contributed by atoms with Gasteiger partial charge in [-0.05, 0) is 54.7 Å². The van der Waals surface area contributed by atoms with Gasteiger partial charge in [0.1, 0.15) is 11.6 Å². The Morgan fingerprint density at radius 3 is 2.72 bits per heavy atom. The fraction of sp³-hybridized carbons (Fsp3) is 0.292. The lowest BCUT2D eigenvalue weighted by Gasteiger charge is -2.32. The molecule has 1 atom stereocenters. The Morgan fingerprint density at radius 1 is 1.16 bits per heavy atom. The molecule has 0 amide bonds. The van der Waals surface area contributed by atoms with Gasteiger partial charge in [0.2, 0.25) is 11.8 Å². The molecular formula is C24H26ClN5OS. The van der Waals surface area contributed by atoms with E-state index >= 15 is 0 Å². The molecule has 0 bridgehead atoms. The Morgan fingerprint density at radius 2 is 1.94 bits per heavy atom. The highest BCUT2D eigenvalue weighted by molar-refractivity contribution is 7.80. The SMILES string of the molecule is CC1CCCN(c2cc(Oc3ccccc3)nc(NC(=S)NCc3ccccc3Cl)n2)C1. The zero-order valence-electron chi connectivity index (χ0n) is 17.9. The molecule has 0 spiro atoms. The number of benzene rings is 2. The van der Waals surface area contributed by atoms with Crippen molar-refractivity contribution in [3.8, 4) is 11.6 Å². The van der Waals surface area contributed by atoms with Crippen molar-refractivity contribution < 1.29 is 4.74 Å². The number of hydrogen-bond acceptors (Lipinski definition) is 5. The molecule has 2 heterocycles. The van der Waals surface area contributed by atoms with E-state index in [-0.39, 0.29) is 0 Å². The topological polar surface area (TPSA) is 62.3 Å². The Kier molecular flexibility index (Phi) is 7.39. The van der Waals surface area contributed by atoms with Gasteiger partial charge in [0.15, 0.2) is 5.11 Å². The summed E-state index contributed by atoms with van der Waals surface area (Å²) in [6.45, 7) is 4.68. The molecule has 1 saturated heterocycles. The van der Waals surface area contributed by atoms with Crippen molar-refractivity contribution >= 4 is 40.7 Å². The minimum absolute atomic E-state index is 0.392. The number of aromatic nitrogens is 2. The third-order valence-electron chi connectivity index (χ3n) is 5.26. The first-order chi connectivity index (χ1) is 15.6. The standard InChI is InChI=1S/C24H26ClN5OS/c1-17-8-7-13-30(16-17)21-14-22(31-19-10-3-2-4-11-19)28-23(27-21)29-24(32)26-15-18-9-5-6-12-20(18)25/h2-6,9-12,14,17H,7-8,13,15-16H2,1H3,(H2,26,27,28,29,32). The monoisotopic (exact) mass is 467 g/mol. The van der Waals surface area contributed by atoms with Crippen molar-refractivity contribution in [2.75, 3.05) is 23.3 Å². The molecule has 1 fully saturated rings. The van der Waals surface area contributed by atoms with Crippen LogP contribution in [0.3, 0.4) is 0 Å². The van der Waals surface area contributed by atoms with Crippen molar-refractivity contribution in [2.24, 2.45) is 5.92 Å². The van der Waals surface area contributed by atoms with Gasteiger partial charge >= 0.3 is 0 Å². The predicted octanol–water partition coefficient (Wildman–Crippen LogP) is 5.65. The molecule has 1 aromatic heterocycles. The molecule has 0 aliphatic carbocycles. The van der Waals surface area contributed by atoms with Crippen LogP contribution >= 0.6 is 23.8 Å². The summed E-state index contributed by atoms with van der Waals surface area (Å²) in [5.41, 5.74) is 0.961. The van der Waals surface area contributed by atoms with Crippen LogP contribution in [0, 0.1) is 5.92 Å². The zero-order chi connectivity index (χ0) is 22.3. The van der Waals surface area contributed by atoms with Gasteiger partial charge in [-0.25, -0.2) is 0 Å². The van der Waals surface area contributed by atoms with E-state index < -0.39 is 0 Å². The number of rotatable bonds is 6. The highest BCUT2D eigenvalue weighted by Crippen LogP contribution is 2.27. The van der Waals surface area contributed by atoms with Crippen LogP contribution in [0.15, 0.2) is 60.7 Å². The summed E-state index contributed by atoms with van der Waals surface area (Å²) in [6, 6.07) is 19.1. The number of ether oxygens (including phenoxy) is 1. The summed E-state index contributed by atoms with van der Waals surface area (Å²) < 4.78 is 6.01. The van der Waals surface area contributed by atoms with Crippen molar-refractivity contribution in [3.63, 3.8) is 0 Å². The largest absolute Gasteiger partial charge is 0.439 e. The third kappa shape index (κ3) is 6.08. The van der Waals surface area contributed by atoms with Gasteiger partial charge in [-0.1, -0.05) is 54.9 Å². The van der Waals surface area contributed by atoms with Crippen LogP contribution in [-0.4, -0.2) is 28.2 Å². The van der Waals surface area contributed by atoms with E-state index in [0.29, 0.717) is 34.4 Å². The van der Waals surface area contributed by atoms with Crippen molar-refractivity contribution in [1.82, 2.24) is 15.3 Å². The molecule has 8 heteroatoms. The second kappa shape index (κ2) is 10.6. The van der Waals surface area contributed by atoms with Crippen LogP contribution in [0.4, 0.5) is 11.8 Å². The number of piperidine rings is 1. The fourth-order valence-corrected chi connectivity index (χ4v) is 4.02. The third-order valence-corrected chi connectivity index (χ3v) is 5.87. The van der Waals surface area contributed by atoms with Crippen LogP contribution in [0.1, 0.15) is 25.3 Å². The minimum Gasteiger partial charge on any atom is -0.439 e. The average Bonchev–Trinajstić information content (AvgIpc) is 2.79. The van der Waals surface area contributed by atoms with Crippen molar-refractivity contribution in [2.45, 2.75) is 26.3 Å². The molecule has 0 saturated carbocycles. The number of para-hydroxylation sites is 1. The summed E-state index contributed by atoms with van der Waals surface area (Å²) in [5, 5.41) is 7.37. The Bertz CT molecular complexity index is 1070. The van der Waals surface area contributed by atoms with Crippen LogP contribution in [0.2, 0.25) is 5.02 Å². The van der Waals surface area contributed by atoms with Crippen LogP contribution < -0.4 is 20.3 Å². The Labute approximate surface area is 199 Å². The van der Waals surface area contributed by atoms with Crippen molar-refractivity contribution in [1.29, 1.82) is 0 Å². The summed E-state index contributed by atoms with van der Waals surface area (Å²) in [4.78, 5) is 11.5. The highest BCUT2D eigenvalue weighted by atomic mass is 35.5. The highest BCUT2D eigenvalue weighted by Gasteiger charge is 2.20. The van der Waals surface area contributed by atoms with Crippen LogP contribution in [-0.2, 0) is 6.54 Å². The zero-order valence-corrected chi connectivity index (χ0v) is 19.5. The van der Waals surface area contributed by atoms with Crippen LogP contribution in [0.5, 0.6) is 11.6 Å². The van der Waals surface area contributed by atoms with E-state index in [9.17, 15) is 0 Å². The van der Waals surface area contributed by atoms with Gasteiger partial charge < -0.3 is 20.3 Å². The number of anilines is 2. The first-order valence-electron chi connectivity index (χ1n) is 10.7. The van der Waals surface area contributed by atoms with E-state index in [0.717, 1.165) is 36.6 Å². The van der Waals surface area contributed by atoms with Gasteiger partial charge in [-0.2, -0.15) is 9.97 Å². The fourth-order valence-electron chi connectivity index (χ4n) is 3.65. The minimum atomic E-state index is 0.392. The molecule has 4 rings (SSSR count). The van der Waals surface area contributed by atoms with Crippen molar-refractivity contribution in [3.05, 3.63) is 71.2 Å². The van der Waals surface area contributed by atoms with Crippen LogP contribution in [0.25, 0.3) is 0 Å². The smallest absolute Gasteiger partial charge is 0.234 e. The van der Waals surface area contributed by atoms with Gasteiger partial charge in [0, 0.05) is 30.7 Å². The molecule has 6 nitrogen and oxygen atoms in total. The first kappa shape index (κ1) is 22.3. The van der Waals surface area contributed by atoms with E-state index in [1.807, 2.05) is 60.7 Å². The lowest BCUT2D eigenvalue weighted by molar-refractivity contribution is 0.440. The number of thiocarbonyl (C=S) groups is 1. The molecule has 1 aliphatic heterocycles. The average molecular weight is 468 g/mol. The summed E-state index contributed by atoms with van der Waals surface area (Å²) in [5.74, 6) is 3.02. The van der Waals surface area contributed by atoms with Gasteiger partial charge in [0.05, 0.1) is 0 Å². The molecule has 166 valence electrons. The number of halogens is 1. The molecular weight excluding hydrogens is 442 g/mol. The molecule has 2 aromatic carbocycles. The van der Waals surface area contributed by atoms with E-state index in [1.165, 1.54) is 6.42 Å². The molecule has 2 N–H and O–H groups in total. The van der Waals surface area contributed by atoms with Gasteiger partial charge in [-0.3, -0.25) is 0 Å². The maximum atomic E-state index is 6.23. The molecule has 1 aliphatic rings. The van der Waals surface area contributed by atoms with E-state index in [4.69, 9.17) is 33.5 Å². The van der Waals surface area contributed by atoms with Gasteiger partial charge in [0.25, 0.3) is 0 Å². The molecule has 1 unspecified atom stereocenters. The summed E-state index contributed by atoms with van der Waals surface area (Å²) in [7, 11) is 0. The molecule has 0 radical (unpaired) electrons. The second-order valence-electron chi connectivity index (χ2n) is 7.90. The van der Waals surface area contributed by atoms with Gasteiger partial charge in [-0.15, -0.1) is 0 Å². The number of hydrogen-bond donors (Lipinski definition) is 2. The molecule has 3 aromatic rings. The summed E-state index contributed by atoms with van der Waals surface area (Å²) >= 11 is 11.7. The first-order valence-corrected chi connectivity index (χ1v) is 11.5. The quantitative estimate of drug-likeness (QED) is 0.454. The maximum Gasteiger partial charge on any atom is 0.234 e.